The molecule has 2 saturated carbocycles. The molecule has 2 saturated heterocycles. The van der Waals surface area contributed by atoms with Gasteiger partial charge in [0, 0.05) is 24.2 Å². The molecule has 0 bridgehead atoms. The Morgan fingerprint density at radius 3 is 1.18 bits per heavy atom. The summed E-state index contributed by atoms with van der Waals surface area (Å²) in [4.78, 5) is 0. The zero-order valence-electron chi connectivity index (χ0n) is 24.6. The Morgan fingerprint density at radius 1 is 0.489 bits per heavy atom. The summed E-state index contributed by atoms with van der Waals surface area (Å²) < 4.78 is 34.3. The molecule has 2 aliphatic heterocycles. The Bertz CT molecular complexity index is 865. The minimum Gasteiger partial charge on any atom is -0.394 e. The number of aliphatic hydroxyl groups excluding tert-OH is 8. The van der Waals surface area contributed by atoms with Gasteiger partial charge < -0.3 is 104 Å². The Morgan fingerprint density at radius 2 is 0.844 bits per heavy atom. The van der Waals surface area contributed by atoms with Crippen LogP contribution in [0.25, 0.3) is 0 Å². The number of ether oxygens (including phenoxy) is 6. The third-order valence-corrected chi connectivity index (χ3v) is 9.09. The van der Waals surface area contributed by atoms with Gasteiger partial charge in [-0.3, -0.25) is 0 Å². The summed E-state index contributed by atoms with van der Waals surface area (Å²) in [7, 11) is 0. The predicted molar refractivity (Wildman–Crippen MR) is 149 cm³/mol. The lowest BCUT2D eigenvalue weighted by atomic mass is 9.84. The van der Waals surface area contributed by atoms with E-state index in [1.807, 2.05) is 0 Å². The van der Waals surface area contributed by atoms with Gasteiger partial charge in [-0.05, 0) is 12.8 Å². The monoisotopic (exact) mass is 658 g/mol. The largest absolute Gasteiger partial charge is 0.394 e. The highest BCUT2D eigenvalue weighted by Gasteiger charge is 2.51. The van der Waals surface area contributed by atoms with Crippen molar-refractivity contribution in [2.75, 3.05) is 20.0 Å². The van der Waals surface area contributed by atoms with Gasteiger partial charge in [0.15, 0.2) is 12.6 Å². The molecule has 20 N–H and O–H groups in total. The molecular formula is C25H50N6O14. The van der Waals surface area contributed by atoms with Gasteiger partial charge in [0.25, 0.3) is 0 Å². The van der Waals surface area contributed by atoms with Crippen LogP contribution in [0.4, 0.5) is 0 Å². The molecule has 0 radical (unpaired) electrons. The van der Waals surface area contributed by atoms with Crippen molar-refractivity contribution in [2.45, 2.75) is 135 Å². The van der Waals surface area contributed by atoms with Crippen LogP contribution >= 0.6 is 0 Å². The van der Waals surface area contributed by atoms with Crippen molar-refractivity contribution in [3.63, 3.8) is 0 Å². The first-order valence-electron chi connectivity index (χ1n) is 14.9. The maximum absolute atomic E-state index is 10.8. The summed E-state index contributed by atoms with van der Waals surface area (Å²) in [5, 5.41) is 82.6. The van der Waals surface area contributed by atoms with E-state index in [-0.39, 0.29) is 12.8 Å². The SMILES string of the molecule is NC1C(OCOC2[C@@H](O)C(CO)O[C@@H](O[C@H]3C(N)C[C@H](N)C(O)C3O)[C@@H]2N)[C@H](O)C(CO)O[C@@H]1O[C@@H]1C(N)C[C@@H](N)C(O)C1O. The van der Waals surface area contributed by atoms with Crippen LogP contribution < -0.4 is 34.4 Å². The second kappa shape index (κ2) is 15.6. The van der Waals surface area contributed by atoms with Crippen LogP contribution in [0.1, 0.15) is 12.8 Å². The molecule has 0 aromatic carbocycles. The lowest BCUT2D eigenvalue weighted by Crippen LogP contribution is -2.68. The van der Waals surface area contributed by atoms with Crippen molar-refractivity contribution < 1.29 is 69.3 Å². The zero-order valence-corrected chi connectivity index (χ0v) is 24.6. The van der Waals surface area contributed by atoms with E-state index in [2.05, 4.69) is 0 Å². The molecule has 2 aliphatic carbocycles. The highest BCUT2D eigenvalue weighted by atomic mass is 16.7. The molecule has 0 aromatic rings. The Kier molecular flexibility index (Phi) is 12.8. The molecule has 20 nitrogen and oxygen atoms in total. The van der Waals surface area contributed by atoms with Gasteiger partial charge in [0.1, 0.15) is 67.8 Å². The van der Waals surface area contributed by atoms with Crippen molar-refractivity contribution in [3.8, 4) is 0 Å². The molecule has 11 unspecified atom stereocenters. The highest BCUT2D eigenvalue weighted by Crippen LogP contribution is 2.31. The summed E-state index contributed by atoms with van der Waals surface area (Å²) in [6.07, 6.45) is -18.5. The number of nitrogens with two attached hydrogens (primary N) is 6. The van der Waals surface area contributed by atoms with Crippen molar-refractivity contribution >= 4 is 0 Å². The van der Waals surface area contributed by atoms with Gasteiger partial charge in [-0.15, -0.1) is 0 Å². The van der Waals surface area contributed by atoms with Gasteiger partial charge in [-0.25, -0.2) is 0 Å². The Hall–Kier alpha value is -0.800. The van der Waals surface area contributed by atoms with E-state index in [4.69, 9.17) is 62.8 Å². The first kappa shape index (κ1) is 37.0. The molecule has 4 aliphatic rings. The molecule has 20 atom stereocenters. The molecule has 264 valence electrons. The average Bonchev–Trinajstić information content (AvgIpc) is 3.00. The molecule has 0 amide bonds. The predicted octanol–water partition coefficient (Wildman–Crippen LogP) is -9.14. The van der Waals surface area contributed by atoms with E-state index in [9.17, 15) is 40.9 Å². The number of aliphatic hydroxyl groups is 8. The summed E-state index contributed by atoms with van der Waals surface area (Å²) in [6.45, 7) is -1.98. The molecule has 0 aromatic heterocycles. The first-order valence-corrected chi connectivity index (χ1v) is 14.9. The second-order valence-electron chi connectivity index (χ2n) is 12.3. The van der Waals surface area contributed by atoms with Crippen LogP contribution in [0.5, 0.6) is 0 Å². The van der Waals surface area contributed by atoms with Gasteiger partial charge in [0.05, 0.1) is 37.5 Å². The topological polar surface area (TPSA) is 373 Å². The summed E-state index contributed by atoms with van der Waals surface area (Å²) in [5.74, 6) is 0. The van der Waals surface area contributed by atoms with E-state index < -0.39 is 142 Å². The summed E-state index contributed by atoms with van der Waals surface area (Å²) in [5.41, 5.74) is 36.4. The second-order valence-corrected chi connectivity index (χ2v) is 12.3. The minimum atomic E-state index is -1.49. The number of rotatable bonds is 10. The molecule has 20 heteroatoms. The van der Waals surface area contributed by atoms with Crippen LogP contribution in [0.2, 0.25) is 0 Å². The van der Waals surface area contributed by atoms with Crippen LogP contribution in [0.3, 0.4) is 0 Å². The van der Waals surface area contributed by atoms with Crippen LogP contribution in [0.15, 0.2) is 0 Å². The lowest BCUT2D eigenvalue weighted by molar-refractivity contribution is -0.320. The van der Waals surface area contributed by atoms with Gasteiger partial charge in [-0.1, -0.05) is 0 Å². The van der Waals surface area contributed by atoms with Gasteiger partial charge in [0.2, 0.25) is 0 Å². The van der Waals surface area contributed by atoms with Crippen LogP contribution in [0, 0.1) is 0 Å². The fraction of sp³-hybridized carbons (Fsp3) is 1.00. The van der Waals surface area contributed by atoms with E-state index in [1.165, 1.54) is 0 Å². The summed E-state index contributed by atoms with van der Waals surface area (Å²) >= 11 is 0. The fourth-order valence-electron chi connectivity index (χ4n) is 6.29. The van der Waals surface area contributed by atoms with Gasteiger partial charge in [-0.2, -0.15) is 0 Å². The standard InChI is InChI=1S/C25H50N6O14/c26-6-1-8(28)20(18(38)14(6)34)44-24-12(30)22(16(36)10(3-32)42-24)40-5-41-23-13(31)25(43-11(4-33)17(23)37)45-21-9(29)2-7(27)15(35)19(21)39/h6-25,32-39H,1-5,26-31H2/t6-,7+,8?,9?,10?,11?,12+,13?,14?,15?,16-,17+,18?,19?,20-,21+,22?,23?,24-,25+/m0/s1. The van der Waals surface area contributed by atoms with Gasteiger partial charge >= 0.3 is 0 Å². The first-order chi connectivity index (χ1) is 21.2. The van der Waals surface area contributed by atoms with Crippen LogP contribution in [-0.2, 0) is 28.4 Å². The molecule has 4 rings (SSSR count). The third-order valence-electron chi connectivity index (χ3n) is 9.09. The van der Waals surface area contributed by atoms with Crippen molar-refractivity contribution in [3.05, 3.63) is 0 Å². The average molecular weight is 659 g/mol. The Balaban J connectivity index is 1.41. The fourth-order valence-corrected chi connectivity index (χ4v) is 6.29. The van der Waals surface area contributed by atoms with Crippen molar-refractivity contribution in [1.82, 2.24) is 0 Å². The Labute approximate surface area is 259 Å². The smallest absolute Gasteiger partial charge is 0.176 e. The molecular weight excluding hydrogens is 608 g/mol. The van der Waals surface area contributed by atoms with Crippen LogP contribution in [-0.4, -0.2) is 183 Å². The number of hydrogen-bond donors (Lipinski definition) is 14. The molecule has 2 heterocycles. The van der Waals surface area contributed by atoms with E-state index >= 15 is 0 Å². The molecule has 0 spiro atoms. The van der Waals surface area contributed by atoms with E-state index in [0.717, 1.165) is 0 Å². The van der Waals surface area contributed by atoms with Crippen molar-refractivity contribution in [2.24, 2.45) is 34.4 Å². The molecule has 45 heavy (non-hydrogen) atoms. The van der Waals surface area contributed by atoms with E-state index in [1.54, 1.807) is 0 Å². The quantitative estimate of drug-likeness (QED) is 0.0968. The molecule has 4 fully saturated rings. The minimum absolute atomic E-state index is 0.123. The normalized spacial score (nSPS) is 52.9. The number of hydrogen-bond acceptors (Lipinski definition) is 20. The summed E-state index contributed by atoms with van der Waals surface area (Å²) in [6, 6.07) is -5.64. The zero-order chi connectivity index (χ0) is 33.3. The third kappa shape index (κ3) is 7.76. The lowest BCUT2D eigenvalue weighted by Gasteiger charge is -2.47. The maximum atomic E-state index is 10.8. The highest BCUT2D eigenvalue weighted by molar-refractivity contribution is 5.01. The van der Waals surface area contributed by atoms with E-state index in [0.29, 0.717) is 0 Å². The van der Waals surface area contributed by atoms with Crippen molar-refractivity contribution in [1.29, 1.82) is 0 Å². The maximum Gasteiger partial charge on any atom is 0.176 e.